The van der Waals surface area contributed by atoms with Crippen LogP contribution in [0.5, 0.6) is 0 Å². The number of hydrogen-bond acceptors (Lipinski definition) is 3. The number of fused-ring (bicyclic) bond motifs is 1. The molecule has 0 unspecified atom stereocenters. The van der Waals surface area contributed by atoms with Crippen LogP contribution in [0.25, 0.3) is 11.0 Å². The van der Waals surface area contributed by atoms with Crippen LogP contribution in [0.3, 0.4) is 0 Å². The molecule has 3 rings (SSSR count). The first-order valence-corrected chi connectivity index (χ1v) is 9.49. The van der Waals surface area contributed by atoms with E-state index in [0.717, 1.165) is 22.3 Å². The summed E-state index contributed by atoms with van der Waals surface area (Å²) in [6, 6.07) is 17.4. The van der Waals surface area contributed by atoms with E-state index in [0.29, 0.717) is 19.6 Å². The number of amides is 1. The lowest BCUT2D eigenvalue weighted by Gasteiger charge is -2.22. The Morgan fingerprint density at radius 1 is 1.07 bits per heavy atom. The molecule has 0 radical (unpaired) electrons. The van der Waals surface area contributed by atoms with Crippen LogP contribution in [0.1, 0.15) is 25.3 Å². The molecule has 0 fully saturated rings. The van der Waals surface area contributed by atoms with Crippen LogP contribution in [-0.2, 0) is 17.9 Å². The topological polar surface area (TPSA) is 71.0 Å². The average Bonchev–Trinajstić information content (AvgIpc) is 2.98. The lowest BCUT2D eigenvalue weighted by Crippen LogP contribution is -2.33. The van der Waals surface area contributed by atoms with Gasteiger partial charge < -0.3 is 4.90 Å². The van der Waals surface area contributed by atoms with Crippen molar-refractivity contribution < 1.29 is 4.79 Å². The fraction of sp³-hybridized carbons (Fsp3) is 0.318. The highest BCUT2D eigenvalue weighted by Crippen LogP contribution is 2.18. The van der Waals surface area contributed by atoms with E-state index in [1.54, 1.807) is 14.0 Å². The van der Waals surface area contributed by atoms with Crippen LogP contribution in [0.15, 0.2) is 53.3 Å². The zero-order valence-electron chi connectivity index (χ0n) is 16.3. The summed E-state index contributed by atoms with van der Waals surface area (Å²) in [6.45, 7) is 5.15. The maximum atomic E-state index is 12.9. The summed E-state index contributed by atoms with van der Waals surface area (Å²) in [5.74, 6) is -0.0978. The number of imidazole rings is 1. The number of hydrogen-bond donors (Lipinski definition) is 0. The molecule has 0 saturated carbocycles. The van der Waals surface area contributed by atoms with Crippen molar-refractivity contribution in [2.24, 2.45) is 0 Å². The lowest BCUT2D eigenvalue weighted by atomic mass is 10.2. The van der Waals surface area contributed by atoms with Crippen molar-refractivity contribution in [2.75, 3.05) is 11.4 Å². The second-order valence-corrected chi connectivity index (χ2v) is 6.71. The van der Waals surface area contributed by atoms with Gasteiger partial charge in [-0.1, -0.05) is 29.8 Å². The molecule has 0 aliphatic heterocycles. The second-order valence-electron chi connectivity index (χ2n) is 6.71. The summed E-state index contributed by atoms with van der Waals surface area (Å²) in [5, 5.41) is 8.94. The number of aryl methyl sites for hydroxylation is 3. The molecule has 6 heteroatoms. The number of benzene rings is 2. The van der Waals surface area contributed by atoms with E-state index >= 15 is 0 Å². The highest BCUT2D eigenvalue weighted by atomic mass is 16.2. The van der Waals surface area contributed by atoms with Gasteiger partial charge in [-0.25, -0.2) is 4.79 Å². The first-order valence-electron chi connectivity index (χ1n) is 9.49. The van der Waals surface area contributed by atoms with E-state index in [4.69, 9.17) is 5.26 Å². The fourth-order valence-corrected chi connectivity index (χ4v) is 3.42. The minimum absolute atomic E-state index is 0.0978. The molecule has 0 saturated heterocycles. The maximum Gasteiger partial charge on any atom is 0.329 e. The Balaban J connectivity index is 1.84. The molecule has 6 nitrogen and oxygen atoms in total. The molecule has 3 aromatic rings. The normalized spacial score (nSPS) is 10.8. The number of anilines is 1. The van der Waals surface area contributed by atoms with Crippen LogP contribution in [0.4, 0.5) is 5.69 Å². The Morgan fingerprint density at radius 3 is 2.32 bits per heavy atom. The number of aromatic nitrogens is 2. The molecule has 0 aliphatic rings. The minimum Gasteiger partial charge on any atom is -0.311 e. The first kappa shape index (κ1) is 19.4. The molecule has 0 aliphatic carbocycles. The highest BCUT2D eigenvalue weighted by molar-refractivity contribution is 5.93. The van der Waals surface area contributed by atoms with E-state index in [2.05, 4.69) is 6.07 Å². The second kappa shape index (κ2) is 8.57. The summed E-state index contributed by atoms with van der Waals surface area (Å²) in [6.07, 6.45) is 0.450. The molecule has 144 valence electrons. The van der Waals surface area contributed by atoms with E-state index in [1.165, 1.54) is 0 Å². The van der Waals surface area contributed by atoms with Gasteiger partial charge >= 0.3 is 5.69 Å². The van der Waals surface area contributed by atoms with Gasteiger partial charge in [-0.15, -0.1) is 0 Å². The highest BCUT2D eigenvalue weighted by Gasteiger charge is 2.18. The van der Waals surface area contributed by atoms with Crippen molar-refractivity contribution in [2.45, 2.75) is 39.8 Å². The van der Waals surface area contributed by atoms with Crippen molar-refractivity contribution >= 4 is 22.6 Å². The molecule has 0 bridgehead atoms. The van der Waals surface area contributed by atoms with E-state index < -0.39 is 0 Å². The molecule has 2 aromatic carbocycles. The first-order chi connectivity index (χ1) is 13.6. The molecule has 0 N–H and O–H groups in total. The van der Waals surface area contributed by atoms with Gasteiger partial charge in [0, 0.05) is 31.7 Å². The maximum absolute atomic E-state index is 12.9. The smallest absolute Gasteiger partial charge is 0.311 e. The Bertz CT molecular complexity index is 1070. The van der Waals surface area contributed by atoms with E-state index in [9.17, 15) is 9.59 Å². The Kier molecular flexibility index (Phi) is 5.95. The molecule has 0 atom stereocenters. The minimum atomic E-state index is -0.101. The summed E-state index contributed by atoms with van der Waals surface area (Å²) in [7, 11) is 0. The van der Waals surface area contributed by atoms with Crippen molar-refractivity contribution in [3.05, 3.63) is 64.6 Å². The monoisotopic (exact) mass is 376 g/mol. The van der Waals surface area contributed by atoms with Gasteiger partial charge in [-0.2, -0.15) is 5.26 Å². The standard InChI is InChI=1S/C22H24N4O2/c1-3-24-19-7-4-5-8-20(19)26(22(24)28)16-13-21(27)25(15-6-14-23)18-11-9-17(2)10-12-18/h4-5,7-12H,3,6,13,15-16H2,1-2H3. The summed E-state index contributed by atoms with van der Waals surface area (Å²) in [4.78, 5) is 27.3. The van der Waals surface area contributed by atoms with Crippen molar-refractivity contribution in [1.29, 1.82) is 5.26 Å². The molecule has 1 aromatic heterocycles. The third-order valence-corrected chi connectivity index (χ3v) is 4.88. The zero-order valence-corrected chi connectivity index (χ0v) is 16.3. The predicted molar refractivity (Wildman–Crippen MR) is 110 cm³/mol. The number of nitriles is 1. The lowest BCUT2D eigenvalue weighted by molar-refractivity contribution is -0.118. The van der Waals surface area contributed by atoms with Gasteiger partial charge in [0.15, 0.2) is 0 Å². The van der Waals surface area contributed by atoms with Gasteiger partial charge in [0.25, 0.3) is 0 Å². The van der Waals surface area contributed by atoms with Crippen LogP contribution in [0, 0.1) is 18.3 Å². The van der Waals surface area contributed by atoms with Gasteiger partial charge in [0.2, 0.25) is 5.91 Å². The third-order valence-electron chi connectivity index (χ3n) is 4.88. The summed E-state index contributed by atoms with van der Waals surface area (Å²) >= 11 is 0. The molecule has 1 heterocycles. The molecule has 0 spiro atoms. The van der Waals surface area contributed by atoms with Crippen LogP contribution in [-0.4, -0.2) is 21.6 Å². The van der Waals surface area contributed by atoms with Gasteiger partial charge in [0.1, 0.15) is 0 Å². The molecule has 28 heavy (non-hydrogen) atoms. The Hall–Kier alpha value is -3.33. The molecular weight excluding hydrogens is 352 g/mol. The summed E-state index contributed by atoms with van der Waals surface area (Å²) in [5.41, 5.74) is 3.49. The molecular formula is C22H24N4O2. The largest absolute Gasteiger partial charge is 0.329 e. The quantitative estimate of drug-likeness (QED) is 0.634. The zero-order chi connectivity index (χ0) is 20.1. The predicted octanol–water partition coefficient (Wildman–Crippen LogP) is 3.47. The van der Waals surface area contributed by atoms with E-state index in [1.807, 2.05) is 62.4 Å². The van der Waals surface area contributed by atoms with Crippen molar-refractivity contribution in [3.63, 3.8) is 0 Å². The van der Waals surface area contributed by atoms with Crippen molar-refractivity contribution in [3.8, 4) is 6.07 Å². The van der Waals surface area contributed by atoms with E-state index in [-0.39, 0.29) is 24.4 Å². The van der Waals surface area contributed by atoms with Crippen molar-refractivity contribution in [1.82, 2.24) is 9.13 Å². The SMILES string of the molecule is CCn1c(=O)n(CCC(=O)N(CCC#N)c2ccc(C)cc2)c2ccccc21. The van der Waals surface area contributed by atoms with Gasteiger partial charge in [-0.05, 0) is 38.1 Å². The number of carbonyl (C=O) groups excluding carboxylic acids is 1. The van der Waals surface area contributed by atoms with Gasteiger partial charge in [0.05, 0.1) is 23.5 Å². The number of carbonyl (C=O) groups is 1. The van der Waals surface area contributed by atoms with Crippen LogP contribution in [0.2, 0.25) is 0 Å². The van der Waals surface area contributed by atoms with Gasteiger partial charge in [-0.3, -0.25) is 13.9 Å². The Morgan fingerprint density at radius 2 is 1.71 bits per heavy atom. The Labute approximate surface area is 164 Å². The number of rotatable bonds is 7. The number of para-hydroxylation sites is 2. The summed E-state index contributed by atoms with van der Waals surface area (Å²) < 4.78 is 3.38. The fourth-order valence-electron chi connectivity index (χ4n) is 3.42. The number of nitrogens with zero attached hydrogens (tertiary/aromatic N) is 4. The third kappa shape index (κ3) is 3.84. The van der Waals surface area contributed by atoms with Crippen LogP contribution >= 0.6 is 0 Å². The van der Waals surface area contributed by atoms with Crippen LogP contribution < -0.4 is 10.6 Å². The average molecular weight is 376 g/mol. The molecule has 1 amide bonds.